The topological polar surface area (TPSA) is 44.5 Å². The average molecular weight is 195 g/mol. The van der Waals surface area contributed by atoms with Gasteiger partial charge in [-0.15, -0.1) is 0 Å². The predicted molar refractivity (Wildman–Crippen MR) is 43.7 cm³/mol. The summed E-state index contributed by atoms with van der Waals surface area (Å²) in [5.41, 5.74) is 5.17. The van der Waals surface area contributed by atoms with Crippen molar-refractivity contribution in [2.45, 2.75) is 12.3 Å². The zero-order valence-electron chi connectivity index (χ0n) is 7.47. The molecule has 1 aliphatic carbocycles. The van der Waals surface area contributed by atoms with E-state index in [1.165, 1.54) is 0 Å². The predicted octanol–water partition coefficient (Wildman–Crippen LogP) is 0.633. The molecule has 0 amide bonds. The first kappa shape index (κ1) is 10.8. The lowest BCUT2D eigenvalue weighted by Gasteiger charge is -2.03. The number of hydrogen-bond donors (Lipinski definition) is 1. The molecule has 78 valence electrons. The fourth-order valence-corrected chi connectivity index (χ4v) is 0.979. The number of alkyl halides is 2. The third kappa shape index (κ3) is 3.97. The highest BCUT2D eigenvalue weighted by Gasteiger charge is 2.56. The normalized spacial score (nSPS) is 24.7. The highest BCUT2D eigenvalue weighted by Crippen LogP contribution is 2.48. The minimum absolute atomic E-state index is 0.0311. The van der Waals surface area contributed by atoms with Crippen molar-refractivity contribution in [3.63, 3.8) is 0 Å². The first-order chi connectivity index (χ1) is 6.17. The summed E-state index contributed by atoms with van der Waals surface area (Å²) in [5, 5.41) is 0. The van der Waals surface area contributed by atoms with Crippen LogP contribution < -0.4 is 5.73 Å². The van der Waals surface area contributed by atoms with Gasteiger partial charge in [0.05, 0.1) is 32.3 Å². The fourth-order valence-electron chi connectivity index (χ4n) is 0.979. The third-order valence-electron chi connectivity index (χ3n) is 1.91. The van der Waals surface area contributed by atoms with Gasteiger partial charge >= 0.3 is 0 Å². The van der Waals surface area contributed by atoms with E-state index in [0.29, 0.717) is 26.4 Å². The van der Waals surface area contributed by atoms with Gasteiger partial charge in [0, 0.05) is 13.0 Å². The minimum Gasteiger partial charge on any atom is -0.379 e. The molecule has 13 heavy (non-hydrogen) atoms. The second-order valence-corrected chi connectivity index (χ2v) is 3.14. The Morgan fingerprint density at radius 3 is 2.38 bits per heavy atom. The second-order valence-electron chi connectivity index (χ2n) is 3.14. The summed E-state index contributed by atoms with van der Waals surface area (Å²) < 4.78 is 34.6. The van der Waals surface area contributed by atoms with E-state index in [9.17, 15) is 8.78 Å². The summed E-state index contributed by atoms with van der Waals surface area (Å²) in [4.78, 5) is 0. The zero-order valence-corrected chi connectivity index (χ0v) is 7.47. The van der Waals surface area contributed by atoms with Gasteiger partial charge in [-0.05, 0) is 0 Å². The summed E-state index contributed by atoms with van der Waals surface area (Å²) in [5.74, 6) is -3.04. The molecule has 1 saturated carbocycles. The summed E-state index contributed by atoms with van der Waals surface area (Å²) in [6.07, 6.45) is -0.0311. The Hall–Kier alpha value is -0.260. The van der Waals surface area contributed by atoms with E-state index >= 15 is 0 Å². The van der Waals surface area contributed by atoms with E-state index in [0.717, 1.165) is 0 Å². The first-order valence-corrected chi connectivity index (χ1v) is 4.40. The summed E-state index contributed by atoms with van der Waals surface area (Å²) in [6.45, 7) is 1.89. The second kappa shape index (κ2) is 4.83. The molecule has 0 aromatic carbocycles. The van der Waals surface area contributed by atoms with E-state index in [4.69, 9.17) is 15.2 Å². The van der Waals surface area contributed by atoms with Crippen LogP contribution in [0, 0.1) is 5.92 Å². The number of ether oxygens (including phenoxy) is 2. The summed E-state index contributed by atoms with van der Waals surface area (Å²) in [7, 11) is 0. The standard InChI is InChI=1S/C8H15F2NO2/c9-8(10)5-7(8)6-13-4-3-12-2-1-11/h7H,1-6,11H2. The van der Waals surface area contributed by atoms with Crippen LogP contribution in [0.2, 0.25) is 0 Å². The van der Waals surface area contributed by atoms with Crippen molar-refractivity contribution in [1.29, 1.82) is 0 Å². The van der Waals surface area contributed by atoms with Gasteiger partial charge in [-0.1, -0.05) is 0 Å². The molecule has 1 fully saturated rings. The largest absolute Gasteiger partial charge is 0.379 e. The molecule has 0 heterocycles. The van der Waals surface area contributed by atoms with Crippen molar-refractivity contribution >= 4 is 0 Å². The minimum atomic E-state index is -2.47. The van der Waals surface area contributed by atoms with Crippen molar-refractivity contribution in [3.05, 3.63) is 0 Å². The van der Waals surface area contributed by atoms with Gasteiger partial charge in [0.1, 0.15) is 0 Å². The molecule has 0 spiro atoms. The quantitative estimate of drug-likeness (QED) is 0.606. The maximum Gasteiger partial charge on any atom is 0.253 e. The number of halogens is 2. The zero-order chi connectivity index (χ0) is 9.73. The molecular formula is C8H15F2NO2. The third-order valence-corrected chi connectivity index (χ3v) is 1.91. The Morgan fingerprint density at radius 2 is 1.85 bits per heavy atom. The lowest BCUT2D eigenvalue weighted by Crippen LogP contribution is -2.13. The number of nitrogens with two attached hydrogens (primary N) is 1. The molecule has 1 unspecified atom stereocenters. The SMILES string of the molecule is NCCOCCOCC1CC1(F)F. The van der Waals surface area contributed by atoms with Crippen molar-refractivity contribution in [2.24, 2.45) is 11.7 Å². The lowest BCUT2D eigenvalue weighted by molar-refractivity contribution is 0.0238. The van der Waals surface area contributed by atoms with Crippen LogP contribution in [0.1, 0.15) is 6.42 Å². The van der Waals surface area contributed by atoms with Crippen LogP contribution in [0.3, 0.4) is 0 Å². The van der Waals surface area contributed by atoms with Crippen molar-refractivity contribution < 1.29 is 18.3 Å². The molecule has 2 N–H and O–H groups in total. The Morgan fingerprint density at radius 1 is 1.23 bits per heavy atom. The van der Waals surface area contributed by atoms with Crippen LogP contribution in [0.25, 0.3) is 0 Å². The molecule has 0 saturated heterocycles. The molecule has 3 nitrogen and oxygen atoms in total. The Kier molecular flexibility index (Phi) is 4.02. The average Bonchev–Trinajstić information content (AvgIpc) is 2.67. The van der Waals surface area contributed by atoms with Crippen molar-refractivity contribution in [2.75, 3.05) is 33.0 Å². The maximum atomic E-state index is 12.3. The molecule has 0 bridgehead atoms. The van der Waals surface area contributed by atoms with Gasteiger partial charge in [-0.3, -0.25) is 0 Å². The van der Waals surface area contributed by atoms with Gasteiger partial charge in [-0.2, -0.15) is 0 Å². The van der Waals surface area contributed by atoms with Gasteiger partial charge < -0.3 is 15.2 Å². The Labute approximate surface area is 76.2 Å². The van der Waals surface area contributed by atoms with Crippen molar-refractivity contribution in [3.8, 4) is 0 Å². The van der Waals surface area contributed by atoms with Crippen LogP contribution >= 0.6 is 0 Å². The summed E-state index contributed by atoms with van der Waals surface area (Å²) >= 11 is 0. The van der Waals surface area contributed by atoms with Crippen LogP contribution in [-0.4, -0.2) is 38.9 Å². The van der Waals surface area contributed by atoms with Gasteiger partial charge in [0.25, 0.3) is 5.92 Å². The summed E-state index contributed by atoms with van der Waals surface area (Å²) in [6, 6.07) is 0. The van der Waals surface area contributed by atoms with Gasteiger partial charge in [0.15, 0.2) is 0 Å². The molecule has 1 aliphatic rings. The van der Waals surface area contributed by atoms with Crippen molar-refractivity contribution in [1.82, 2.24) is 0 Å². The van der Waals surface area contributed by atoms with Gasteiger partial charge in [0.2, 0.25) is 0 Å². The lowest BCUT2D eigenvalue weighted by atomic mass is 10.4. The molecule has 5 heteroatoms. The van der Waals surface area contributed by atoms with Crippen LogP contribution in [-0.2, 0) is 9.47 Å². The Balaban J connectivity index is 1.80. The van der Waals surface area contributed by atoms with Gasteiger partial charge in [-0.25, -0.2) is 8.78 Å². The van der Waals surface area contributed by atoms with E-state index < -0.39 is 11.8 Å². The number of hydrogen-bond acceptors (Lipinski definition) is 3. The molecule has 0 radical (unpaired) electrons. The molecule has 1 atom stereocenters. The van der Waals surface area contributed by atoms with Crippen LogP contribution in [0.5, 0.6) is 0 Å². The smallest absolute Gasteiger partial charge is 0.253 e. The van der Waals surface area contributed by atoms with Crippen LogP contribution in [0.4, 0.5) is 8.78 Å². The molecule has 0 aliphatic heterocycles. The maximum absolute atomic E-state index is 12.3. The molecule has 0 aromatic heterocycles. The van der Waals surface area contributed by atoms with Crippen LogP contribution in [0.15, 0.2) is 0 Å². The number of rotatable bonds is 7. The molecule has 1 rings (SSSR count). The first-order valence-electron chi connectivity index (χ1n) is 4.40. The molecule has 0 aromatic rings. The fraction of sp³-hybridized carbons (Fsp3) is 1.00. The Bertz CT molecular complexity index is 155. The van der Waals surface area contributed by atoms with E-state index in [1.807, 2.05) is 0 Å². The highest BCUT2D eigenvalue weighted by atomic mass is 19.3. The molecular weight excluding hydrogens is 180 g/mol. The van der Waals surface area contributed by atoms with E-state index in [-0.39, 0.29) is 13.0 Å². The highest BCUT2D eigenvalue weighted by molar-refractivity contribution is 4.94. The van der Waals surface area contributed by atoms with E-state index in [2.05, 4.69) is 0 Å². The van der Waals surface area contributed by atoms with E-state index in [1.54, 1.807) is 0 Å². The monoisotopic (exact) mass is 195 g/mol.